The van der Waals surface area contributed by atoms with E-state index in [1.54, 1.807) is 24.4 Å². The summed E-state index contributed by atoms with van der Waals surface area (Å²) < 4.78 is 13.0. The second kappa shape index (κ2) is 6.70. The fraction of sp³-hybridized carbons (Fsp3) is 0.0952. The second-order valence-corrected chi connectivity index (χ2v) is 6.31. The van der Waals surface area contributed by atoms with Gasteiger partial charge in [-0.15, -0.1) is 0 Å². The van der Waals surface area contributed by atoms with Crippen molar-refractivity contribution in [1.82, 2.24) is 14.4 Å². The van der Waals surface area contributed by atoms with Gasteiger partial charge in [0.1, 0.15) is 13.2 Å². The Balaban J connectivity index is 1.37. The highest BCUT2D eigenvalue weighted by Crippen LogP contribution is 2.34. The second-order valence-electron chi connectivity index (χ2n) is 6.31. The van der Waals surface area contributed by atoms with E-state index in [-0.39, 0.29) is 5.91 Å². The third kappa shape index (κ3) is 2.92. The number of benzene rings is 2. The van der Waals surface area contributed by atoms with Crippen LogP contribution in [0, 0.1) is 0 Å². The fourth-order valence-corrected chi connectivity index (χ4v) is 3.14. The molecule has 0 atom stereocenters. The van der Waals surface area contributed by atoms with E-state index in [9.17, 15) is 4.79 Å². The number of imidazole rings is 1. The lowest BCUT2D eigenvalue weighted by molar-refractivity contribution is 0.101. The lowest BCUT2D eigenvalue weighted by Gasteiger charge is -2.20. The maximum atomic E-state index is 12.7. The smallest absolute Gasteiger partial charge is 0.259 e. The van der Waals surface area contributed by atoms with Crippen LogP contribution in [-0.2, 0) is 0 Å². The highest BCUT2D eigenvalue weighted by molar-refractivity contribution is 6.06. The summed E-state index contributed by atoms with van der Waals surface area (Å²) in [6, 6.07) is 14.7. The third-order valence-corrected chi connectivity index (χ3v) is 4.48. The number of hydrogen-bond acceptors (Lipinski definition) is 5. The van der Waals surface area contributed by atoms with Gasteiger partial charge in [0.15, 0.2) is 11.5 Å². The number of carbonyl (C=O) groups is 1. The van der Waals surface area contributed by atoms with Crippen molar-refractivity contribution in [2.45, 2.75) is 0 Å². The SMILES string of the molecule is O=C(Nc1ccc(-c2cn3cccnc3n2)cc1)c1cccc2c1OCCO2. The molecular formula is C21H16N4O3. The summed E-state index contributed by atoms with van der Waals surface area (Å²) in [7, 11) is 0. The molecule has 2 aromatic heterocycles. The largest absolute Gasteiger partial charge is 0.486 e. The quantitative estimate of drug-likeness (QED) is 0.596. The maximum absolute atomic E-state index is 12.7. The number of rotatable bonds is 3. The van der Waals surface area contributed by atoms with Crippen LogP contribution < -0.4 is 14.8 Å². The molecule has 1 aliphatic heterocycles. The van der Waals surface area contributed by atoms with Crippen molar-refractivity contribution in [2.75, 3.05) is 18.5 Å². The average Bonchev–Trinajstić information content (AvgIpc) is 3.18. The van der Waals surface area contributed by atoms with Gasteiger partial charge in [0.25, 0.3) is 5.91 Å². The Morgan fingerprint density at radius 2 is 1.89 bits per heavy atom. The Kier molecular flexibility index (Phi) is 3.90. The van der Waals surface area contributed by atoms with Crippen LogP contribution >= 0.6 is 0 Å². The van der Waals surface area contributed by atoms with Crippen LogP contribution in [0.5, 0.6) is 11.5 Å². The van der Waals surface area contributed by atoms with Crippen LogP contribution in [0.25, 0.3) is 17.0 Å². The molecule has 138 valence electrons. The van der Waals surface area contributed by atoms with Gasteiger partial charge in [-0.1, -0.05) is 18.2 Å². The Labute approximate surface area is 160 Å². The van der Waals surface area contributed by atoms with Gasteiger partial charge in [0.2, 0.25) is 5.78 Å². The van der Waals surface area contributed by atoms with Gasteiger partial charge in [-0.25, -0.2) is 9.97 Å². The molecule has 5 rings (SSSR count). The van der Waals surface area contributed by atoms with Crippen molar-refractivity contribution in [1.29, 1.82) is 0 Å². The summed E-state index contributed by atoms with van der Waals surface area (Å²) in [6.07, 6.45) is 5.53. The van der Waals surface area contributed by atoms with Gasteiger partial charge >= 0.3 is 0 Å². The molecule has 0 saturated heterocycles. The third-order valence-electron chi connectivity index (χ3n) is 4.48. The summed E-state index contributed by atoms with van der Waals surface area (Å²) in [6.45, 7) is 0.915. The molecule has 0 saturated carbocycles. The lowest BCUT2D eigenvalue weighted by atomic mass is 10.1. The molecule has 0 unspecified atom stereocenters. The number of amides is 1. The van der Waals surface area contributed by atoms with E-state index >= 15 is 0 Å². The number of para-hydroxylation sites is 1. The predicted molar refractivity (Wildman–Crippen MR) is 104 cm³/mol. The van der Waals surface area contributed by atoms with Crippen LogP contribution in [0.1, 0.15) is 10.4 Å². The average molecular weight is 372 g/mol. The number of hydrogen-bond donors (Lipinski definition) is 1. The zero-order chi connectivity index (χ0) is 18.9. The molecule has 1 aliphatic rings. The van der Waals surface area contributed by atoms with E-state index < -0.39 is 0 Å². The number of nitrogens with one attached hydrogen (secondary N) is 1. The predicted octanol–water partition coefficient (Wildman–Crippen LogP) is 3.42. The van der Waals surface area contributed by atoms with Crippen molar-refractivity contribution in [3.63, 3.8) is 0 Å². The number of carbonyl (C=O) groups excluding carboxylic acids is 1. The van der Waals surface area contributed by atoms with E-state index in [0.29, 0.717) is 41.7 Å². The van der Waals surface area contributed by atoms with Crippen LogP contribution in [0.15, 0.2) is 67.1 Å². The standard InChI is InChI=1S/C21H16N4O3/c26-20(16-3-1-4-18-19(16)28-12-11-27-18)23-15-7-5-14(6-8-15)17-13-25-10-2-9-22-21(25)24-17/h1-10,13H,11-12H2,(H,23,26). The fourth-order valence-electron chi connectivity index (χ4n) is 3.14. The number of fused-ring (bicyclic) bond motifs is 2. The topological polar surface area (TPSA) is 77.8 Å². The Bertz CT molecular complexity index is 1130. The van der Waals surface area contributed by atoms with Crippen LogP contribution in [-0.4, -0.2) is 33.5 Å². The van der Waals surface area contributed by atoms with Gasteiger partial charge in [-0.3, -0.25) is 9.20 Å². The molecule has 7 nitrogen and oxygen atoms in total. The van der Waals surface area contributed by atoms with Crippen molar-refractivity contribution in [3.05, 3.63) is 72.7 Å². The zero-order valence-corrected chi connectivity index (χ0v) is 14.8. The highest BCUT2D eigenvalue weighted by Gasteiger charge is 2.20. The molecule has 3 heterocycles. The van der Waals surface area contributed by atoms with Crippen molar-refractivity contribution < 1.29 is 14.3 Å². The summed E-state index contributed by atoms with van der Waals surface area (Å²) in [5.41, 5.74) is 2.90. The summed E-state index contributed by atoms with van der Waals surface area (Å²) in [4.78, 5) is 21.4. The first-order valence-electron chi connectivity index (χ1n) is 8.88. The minimum absolute atomic E-state index is 0.243. The molecule has 0 fully saturated rings. The van der Waals surface area contributed by atoms with Gasteiger partial charge in [-0.05, 0) is 30.3 Å². The number of aromatic nitrogens is 3. The number of nitrogens with zero attached hydrogens (tertiary/aromatic N) is 3. The van der Waals surface area contributed by atoms with Crippen LogP contribution in [0.3, 0.4) is 0 Å². The molecule has 0 spiro atoms. The molecule has 0 radical (unpaired) electrons. The molecule has 1 N–H and O–H groups in total. The molecule has 28 heavy (non-hydrogen) atoms. The molecular weight excluding hydrogens is 356 g/mol. The first kappa shape index (κ1) is 16.3. The molecule has 7 heteroatoms. The van der Waals surface area contributed by atoms with E-state index in [2.05, 4.69) is 15.3 Å². The van der Waals surface area contributed by atoms with Gasteiger partial charge in [0, 0.05) is 29.8 Å². The Hall–Kier alpha value is -3.87. The van der Waals surface area contributed by atoms with Gasteiger partial charge in [0.05, 0.1) is 11.3 Å². The van der Waals surface area contributed by atoms with Crippen molar-refractivity contribution >= 4 is 17.4 Å². The minimum atomic E-state index is -0.243. The Morgan fingerprint density at radius 1 is 1.04 bits per heavy atom. The summed E-state index contributed by atoms with van der Waals surface area (Å²) in [5.74, 6) is 1.48. The Morgan fingerprint density at radius 3 is 2.75 bits per heavy atom. The number of anilines is 1. The van der Waals surface area contributed by atoms with E-state index in [0.717, 1.165) is 11.3 Å². The first-order valence-corrected chi connectivity index (χ1v) is 8.88. The van der Waals surface area contributed by atoms with Crippen molar-refractivity contribution in [3.8, 4) is 22.8 Å². The molecule has 4 aromatic rings. The van der Waals surface area contributed by atoms with Crippen LogP contribution in [0.2, 0.25) is 0 Å². The zero-order valence-electron chi connectivity index (χ0n) is 14.8. The van der Waals surface area contributed by atoms with Crippen LogP contribution in [0.4, 0.5) is 5.69 Å². The van der Waals surface area contributed by atoms with Gasteiger partial charge in [-0.2, -0.15) is 0 Å². The van der Waals surface area contributed by atoms with E-state index in [4.69, 9.17) is 9.47 Å². The van der Waals surface area contributed by atoms with E-state index in [1.165, 1.54) is 0 Å². The lowest BCUT2D eigenvalue weighted by Crippen LogP contribution is -2.20. The minimum Gasteiger partial charge on any atom is -0.486 e. The summed E-state index contributed by atoms with van der Waals surface area (Å²) >= 11 is 0. The maximum Gasteiger partial charge on any atom is 0.259 e. The molecule has 0 bridgehead atoms. The van der Waals surface area contributed by atoms with Gasteiger partial charge < -0.3 is 14.8 Å². The number of ether oxygens (including phenoxy) is 2. The first-order chi connectivity index (χ1) is 13.8. The normalized spacial score (nSPS) is 12.7. The molecule has 0 aliphatic carbocycles. The van der Waals surface area contributed by atoms with E-state index in [1.807, 2.05) is 47.1 Å². The summed E-state index contributed by atoms with van der Waals surface area (Å²) in [5, 5.41) is 2.90. The highest BCUT2D eigenvalue weighted by atomic mass is 16.6. The monoisotopic (exact) mass is 372 g/mol. The molecule has 2 aromatic carbocycles. The molecule has 1 amide bonds. The van der Waals surface area contributed by atoms with Crippen molar-refractivity contribution in [2.24, 2.45) is 0 Å².